The van der Waals surface area contributed by atoms with E-state index >= 15 is 0 Å². The molecule has 0 saturated carbocycles. The van der Waals surface area contributed by atoms with Crippen molar-refractivity contribution in [3.63, 3.8) is 0 Å². The van der Waals surface area contributed by atoms with E-state index in [9.17, 15) is 9.90 Å². The summed E-state index contributed by atoms with van der Waals surface area (Å²) in [6.45, 7) is 2.54. The molecular formula is C19H16ClNO5. The predicted molar refractivity (Wildman–Crippen MR) is 96.2 cm³/mol. The SMILES string of the molecule is CCOC(=O)c1cc2cc(O)ccc2n1Cc1cc2c(cc1Cl)OCO2. The molecule has 1 aliphatic heterocycles. The molecule has 0 bridgehead atoms. The molecule has 0 amide bonds. The minimum Gasteiger partial charge on any atom is -0.508 e. The number of hydrogen-bond donors (Lipinski definition) is 1. The highest BCUT2D eigenvalue weighted by Crippen LogP contribution is 2.37. The fraction of sp³-hybridized carbons (Fsp3) is 0.211. The molecule has 1 aromatic heterocycles. The lowest BCUT2D eigenvalue weighted by Gasteiger charge is -2.12. The molecule has 6 nitrogen and oxygen atoms in total. The minimum atomic E-state index is -0.431. The van der Waals surface area contributed by atoms with E-state index in [0.717, 1.165) is 16.5 Å². The summed E-state index contributed by atoms with van der Waals surface area (Å²) in [4.78, 5) is 12.4. The number of benzene rings is 2. The molecule has 0 radical (unpaired) electrons. The quantitative estimate of drug-likeness (QED) is 0.701. The van der Waals surface area contributed by atoms with Gasteiger partial charge in [-0.3, -0.25) is 0 Å². The molecule has 3 aromatic rings. The van der Waals surface area contributed by atoms with Gasteiger partial charge in [-0.2, -0.15) is 0 Å². The maximum Gasteiger partial charge on any atom is 0.354 e. The first-order valence-electron chi connectivity index (χ1n) is 8.14. The van der Waals surface area contributed by atoms with E-state index < -0.39 is 5.97 Å². The lowest BCUT2D eigenvalue weighted by atomic mass is 10.2. The van der Waals surface area contributed by atoms with Crippen molar-refractivity contribution in [1.82, 2.24) is 4.57 Å². The number of aromatic nitrogens is 1. The highest BCUT2D eigenvalue weighted by molar-refractivity contribution is 6.31. The number of halogens is 1. The maximum absolute atomic E-state index is 12.4. The Morgan fingerprint density at radius 1 is 1.23 bits per heavy atom. The second kappa shape index (κ2) is 6.46. The molecule has 134 valence electrons. The molecule has 4 rings (SSSR count). The zero-order chi connectivity index (χ0) is 18.3. The lowest BCUT2D eigenvalue weighted by Crippen LogP contribution is -2.13. The van der Waals surface area contributed by atoms with Crippen molar-refractivity contribution < 1.29 is 24.1 Å². The van der Waals surface area contributed by atoms with Crippen molar-refractivity contribution in [2.45, 2.75) is 13.5 Å². The van der Waals surface area contributed by atoms with Gasteiger partial charge in [-0.25, -0.2) is 4.79 Å². The first kappa shape index (κ1) is 16.6. The molecule has 0 atom stereocenters. The number of carbonyl (C=O) groups excluding carboxylic acids is 1. The number of aromatic hydroxyl groups is 1. The van der Waals surface area contributed by atoms with Gasteiger partial charge in [-0.1, -0.05) is 11.6 Å². The summed E-state index contributed by atoms with van der Waals surface area (Å²) in [6.07, 6.45) is 0. The molecule has 0 saturated heterocycles. The van der Waals surface area contributed by atoms with Crippen molar-refractivity contribution in [3.8, 4) is 17.2 Å². The number of rotatable bonds is 4. The Morgan fingerprint density at radius 3 is 2.77 bits per heavy atom. The molecule has 7 heteroatoms. The van der Waals surface area contributed by atoms with E-state index in [0.29, 0.717) is 28.8 Å². The van der Waals surface area contributed by atoms with Crippen LogP contribution in [0.15, 0.2) is 36.4 Å². The lowest BCUT2D eigenvalue weighted by molar-refractivity contribution is 0.0515. The van der Waals surface area contributed by atoms with Gasteiger partial charge in [-0.15, -0.1) is 0 Å². The van der Waals surface area contributed by atoms with E-state index in [1.807, 2.05) is 10.6 Å². The first-order valence-corrected chi connectivity index (χ1v) is 8.52. The Morgan fingerprint density at radius 2 is 2.00 bits per heavy atom. The van der Waals surface area contributed by atoms with E-state index in [1.54, 1.807) is 37.3 Å². The van der Waals surface area contributed by atoms with E-state index in [-0.39, 0.29) is 19.1 Å². The number of phenols is 1. The Bertz CT molecular complexity index is 1010. The third kappa shape index (κ3) is 2.82. The first-order chi connectivity index (χ1) is 12.6. The molecule has 0 spiro atoms. The van der Waals surface area contributed by atoms with Gasteiger partial charge in [0.1, 0.15) is 11.4 Å². The van der Waals surface area contributed by atoms with Gasteiger partial charge in [0.05, 0.1) is 13.2 Å². The smallest absolute Gasteiger partial charge is 0.354 e. The van der Waals surface area contributed by atoms with Gasteiger partial charge in [-0.05, 0) is 42.8 Å². The standard InChI is InChI=1S/C19H16ClNO5/c1-2-24-19(23)16-6-11-5-13(22)3-4-15(11)21(16)9-12-7-17-18(8-14(12)20)26-10-25-17/h3-8,22H,2,9-10H2,1H3. The monoisotopic (exact) mass is 373 g/mol. The topological polar surface area (TPSA) is 69.9 Å². The molecule has 1 N–H and O–H groups in total. The Labute approximate surface area is 154 Å². The summed E-state index contributed by atoms with van der Waals surface area (Å²) in [5.74, 6) is 0.925. The van der Waals surface area contributed by atoms with Gasteiger partial charge < -0.3 is 23.9 Å². The number of hydrogen-bond acceptors (Lipinski definition) is 5. The van der Waals surface area contributed by atoms with Crippen LogP contribution in [0.1, 0.15) is 23.0 Å². The van der Waals surface area contributed by atoms with Gasteiger partial charge in [0.15, 0.2) is 11.5 Å². The van der Waals surface area contributed by atoms with Crippen molar-refractivity contribution in [1.29, 1.82) is 0 Å². The Kier molecular flexibility index (Phi) is 4.12. The van der Waals surface area contributed by atoms with Crippen LogP contribution in [0.5, 0.6) is 17.2 Å². The minimum absolute atomic E-state index is 0.131. The van der Waals surface area contributed by atoms with Crippen molar-refractivity contribution in [3.05, 3.63) is 52.7 Å². The molecule has 0 fully saturated rings. The summed E-state index contributed by atoms with van der Waals surface area (Å²) in [6, 6.07) is 10.2. The Balaban J connectivity index is 1.82. The largest absolute Gasteiger partial charge is 0.508 e. The molecule has 2 aromatic carbocycles. The van der Waals surface area contributed by atoms with Gasteiger partial charge in [0, 0.05) is 22.0 Å². The van der Waals surface area contributed by atoms with Crippen LogP contribution < -0.4 is 9.47 Å². The fourth-order valence-electron chi connectivity index (χ4n) is 3.05. The molecule has 26 heavy (non-hydrogen) atoms. The molecule has 1 aliphatic rings. The zero-order valence-electron chi connectivity index (χ0n) is 14.0. The van der Waals surface area contributed by atoms with Crippen LogP contribution in [-0.4, -0.2) is 29.0 Å². The van der Waals surface area contributed by atoms with Crippen LogP contribution in [0.25, 0.3) is 10.9 Å². The average Bonchev–Trinajstić information content (AvgIpc) is 3.19. The third-order valence-corrected chi connectivity index (χ3v) is 4.59. The van der Waals surface area contributed by atoms with Crippen molar-refractivity contribution in [2.24, 2.45) is 0 Å². The van der Waals surface area contributed by atoms with E-state index in [1.165, 1.54) is 0 Å². The summed E-state index contributed by atoms with van der Waals surface area (Å²) in [7, 11) is 0. The van der Waals surface area contributed by atoms with Crippen LogP contribution in [0.3, 0.4) is 0 Å². The van der Waals surface area contributed by atoms with Crippen LogP contribution in [0.2, 0.25) is 5.02 Å². The number of esters is 1. The van der Waals surface area contributed by atoms with Gasteiger partial charge in [0.25, 0.3) is 0 Å². The second-order valence-corrected chi connectivity index (χ2v) is 6.28. The zero-order valence-corrected chi connectivity index (χ0v) is 14.7. The number of fused-ring (bicyclic) bond motifs is 2. The normalized spacial score (nSPS) is 12.5. The van der Waals surface area contributed by atoms with Crippen molar-refractivity contribution >= 4 is 28.5 Å². The van der Waals surface area contributed by atoms with Crippen molar-refractivity contribution in [2.75, 3.05) is 13.4 Å². The highest BCUT2D eigenvalue weighted by atomic mass is 35.5. The maximum atomic E-state index is 12.4. The molecule has 2 heterocycles. The fourth-order valence-corrected chi connectivity index (χ4v) is 3.27. The molecule has 0 unspecified atom stereocenters. The van der Waals surface area contributed by atoms with Gasteiger partial charge in [0.2, 0.25) is 6.79 Å². The number of phenolic OH excluding ortho intramolecular Hbond substituents is 1. The van der Waals surface area contributed by atoms with Crippen LogP contribution >= 0.6 is 11.6 Å². The highest BCUT2D eigenvalue weighted by Gasteiger charge is 2.21. The number of carbonyl (C=O) groups is 1. The summed E-state index contributed by atoms with van der Waals surface area (Å²) < 4.78 is 17.7. The van der Waals surface area contributed by atoms with E-state index in [2.05, 4.69) is 0 Å². The summed E-state index contributed by atoms with van der Waals surface area (Å²) in [5.41, 5.74) is 1.97. The summed E-state index contributed by atoms with van der Waals surface area (Å²) in [5, 5.41) is 11.0. The molecular weight excluding hydrogens is 358 g/mol. The van der Waals surface area contributed by atoms with Crippen LogP contribution in [0, 0.1) is 0 Å². The van der Waals surface area contributed by atoms with E-state index in [4.69, 9.17) is 25.8 Å². The number of ether oxygens (including phenoxy) is 3. The van der Waals surface area contributed by atoms with Crippen LogP contribution in [-0.2, 0) is 11.3 Å². The molecule has 0 aliphatic carbocycles. The Hall–Kier alpha value is -2.86. The number of nitrogens with zero attached hydrogens (tertiary/aromatic N) is 1. The van der Waals surface area contributed by atoms with Gasteiger partial charge >= 0.3 is 5.97 Å². The summed E-state index contributed by atoms with van der Waals surface area (Å²) >= 11 is 6.39. The predicted octanol–water partition coefficient (Wildman–Crippen LogP) is 3.95. The average molecular weight is 374 g/mol. The van der Waals surface area contributed by atoms with Crippen LogP contribution in [0.4, 0.5) is 0 Å². The second-order valence-electron chi connectivity index (χ2n) is 5.88. The third-order valence-electron chi connectivity index (χ3n) is 4.24.